The molecule has 4 heteroatoms. The maximum absolute atomic E-state index is 11.3. The highest BCUT2D eigenvalue weighted by Crippen LogP contribution is 2.39. The van der Waals surface area contributed by atoms with Crippen LogP contribution >= 0.6 is 23.5 Å². The van der Waals surface area contributed by atoms with E-state index in [4.69, 9.17) is 0 Å². The fourth-order valence-corrected chi connectivity index (χ4v) is 7.34. The average Bonchev–Trinajstić information content (AvgIpc) is 1.82. The summed E-state index contributed by atoms with van der Waals surface area (Å²) in [4.78, 5) is 0. The van der Waals surface area contributed by atoms with Crippen molar-refractivity contribution in [2.75, 3.05) is 0 Å². The first-order valence-electron chi connectivity index (χ1n) is 3.31. The van der Waals surface area contributed by atoms with Crippen molar-refractivity contribution in [3.8, 4) is 0 Å². The highest BCUT2D eigenvalue weighted by atomic mass is 32.3. The molecule has 2 atom stereocenters. The molecule has 0 saturated carbocycles. The Labute approximate surface area is 73.2 Å². The van der Waals surface area contributed by atoms with E-state index >= 15 is 0 Å². The lowest BCUT2D eigenvalue weighted by Gasteiger charge is -2.27. The molecular formula is C6H12OS3. The molecule has 0 spiro atoms. The third kappa shape index (κ3) is 1.92. The van der Waals surface area contributed by atoms with Crippen molar-refractivity contribution < 1.29 is 4.21 Å². The fraction of sp³-hybridized carbons (Fsp3) is 1.00. The zero-order chi connectivity index (χ0) is 7.72. The summed E-state index contributed by atoms with van der Waals surface area (Å²) in [5.74, 6) is 0. The van der Waals surface area contributed by atoms with Gasteiger partial charge in [0.25, 0.3) is 0 Å². The van der Waals surface area contributed by atoms with Gasteiger partial charge in [0.2, 0.25) is 0 Å². The molecule has 1 rings (SSSR count). The molecular weight excluding hydrogens is 184 g/mol. The van der Waals surface area contributed by atoms with Gasteiger partial charge in [-0.3, -0.25) is 4.21 Å². The number of thioether (sulfide) groups is 2. The standard InChI is InChI=1S/C6H12OS3/c1-4-8-5(2)10(7)6(3)9-4/h4-6H,1-3H3. The van der Waals surface area contributed by atoms with E-state index in [0.717, 1.165) is 0 Å². The molecule has 1 nitrogen and oxygen atoms in total. The number of rotatable bonds is 0. The van der Waals surface area contributed by atoms with Crippen LogP contribution in [0.2, 0.25) is 0 Å². The van der Waals surface area contributed by atoms with Crippen molar-refractivity contribution in [3.05, 3.63) is 0 Å². The number of hydrogen-bond acceptors (Lipinski definition) is 3. The minimum Gasteiger partial charge on any atom is -0.257 e. The van der Waals surface area contributed by atoms with Gasteiger partial charge in [0.1, 0.15) is 0 Å². The van der Waals surface area contributed by atoms with Crippen molar-refractivity contribution in [1.29, 1.82) is 0 Å². The van der Waals surface area contributed by atoms with Gasteiger partial charge in [0.05, 0.1) is 9.16 Å². The van der Waals surface area contributed by atoms with E-state index in [9.17, 15) is 4.21 Å². The quantitative estimate of drug-likeness (QED) is 0.591. The van der Waals surface area contributed by atoms with Gasteiger partial charge in [-0.05, 0) is 20.8 Å². The first kappa shape index (κ1) is 8.94. The van der Waals surface area contributed by atoms with Crippen LogP contribution in [0.1, 0.15) is 20.8 Å². The second-order valence-electron chi connectivity index (χ2n) is 2.30. The minimum atomic E-state index is -0.624. The molecule has 0 aliphatic carbocycles. The summed E-state index contributed by atoms with van der Waals surface area (Å²) >= 11 is 3.63. The lowest BCUT2D eigenvalue weighted by atomic mass is 10.9. The predicted molar refractivity (Wildman–Crippen MR) is 51.7 cm³/mol. The third-order valence-electron chi connectivity index (χ3n) is 1.42. The molecule has 1 fully saturated rings. The average molecular weight is 196 g/mol. The number of hydrogen-bond donors (Lipinski definition) is 0. The Bertz CT molecular complexity index is 134. The minimum absolute atomic E-state index is 0.325. The molecule has 1 aliphatic rings. The van der Waals surface area contributed by atoms with Crippen LogP contribution in [0.15, 0.2) is 0 Å². The van der Waals surface area contributed by atoms with Crippen LogP contribution in [0.5, 0.6) is 0 Å². The van der Waals surface area contributed by atoms with Crippen LogP contribution < -0.4 is 0 Å². The fourth-order valence-electron chi connectivity index (χ4n) is 0.951. The van der Waals surface area contributed by atoms with Crippen LogP contribution in [0.25, 0.3) is 0 Å². The van der Waals surface area contributed by atoms with Gasteiger partial charge in [-0.15, -0.1) is 23.5 Å². The normalized spacial score (nSPS) is 49.1. The van der Waals surface area contributed by atoms with Crippen LogP contribution in [-0.4, -0.2) is 18.0 Å². The summed E-state index contributed by atoms with van der Waals surface area (Å²) < 4.78 is 12.6. The molecule has 0 N–H and O–H groups in total. The molecule has 2 unspecified atom stereocenters. The zero-order valence-electron chi connectivity index (χ0n) is 6.37. The molecule has 0 radical (unpaired) electrons. The van der Waals surface area contributed by atoms with Gasteiger partial charge in [-0.1, -0.05) is 0 Å². The summed E-state index contributed by atoms with van der Waals surface area (Å²) in [7, 11) is -0.624. The molecule has 1 aliphatic heterocycles. The second-order valence-corrected chi connectivity index (χ2v) is 8.64. The summed E-state index contributed by atoms with van der Waals surface area (Å²) in [6, 6.07) is 0. The van der Waals surface area contributed by atoms with E-state index in [-0.39, 0.29) is 0 Å². The Morgan fingerprint density at radius 2 is 1.50 bits per heavy atom. The largest absolute Gasteiger partial charge is 0.257 e. The molecule has 0 bridgehead atoms. The lowest BCUT2D eigenvalue weighted by molar-refractivity contribution is 0.681. The highest BCUT2D eigenvalue weighted by Gasteiger charge is 2.28. The van der Waals surface area contributed by atoms with E-state index in [1.165, 1.54) is 0 Å². The van der Waals surface area contributed by atoms with Crippen LogP contribution in [-0.2, 0) is 10.8 Å². The molecule has 1 heterocycles. The summed E-state index contributed by atoms with van der Waals surface area (Å²) in [6.45, 7) is 6.28. The van der Waals surface area contributed by atoms with Gasteiger partial charge < -0.3 is 0 Å². The predicted octanol–water partition coefficient (Wildman–Crippen LogP) is 2.25. The highest BCUT2D eigenvalue weighted by molar-refractivity contribution is 8.29. The summed E-state index contributed by atoms with van der Waals surface area (Å²) in [5, 5.41) is 0. The van der Waals surface area contributed by atoms with Gasteiger partial charge >= 0.3 is 0 Å². The van der Waals surface area contributed by atoms with Gasteiger partial charge in [0, 0.05) is 15.4 Å². The van der Waals surface area contributed by atoms with Crippen LogP contribution in [0.3, 0.4) is 0 Å². The topological polar surface area (TPSA) is 17.1 Å². The Balaban J connectivity index is 2.57. The lowest BCUT2D eigenvalue weighted by Crippen LogP contribution is -2.24. The maximum Gasteiger partial charge on any atom is 0.0795 e. The van der Waals surface area contributed by atoms with Crippen LogP contribution in [0, 0.1) is 0 Å². The Morgan fingerprint density at radius 1 is 1.10 bits per heavy atom. The van der Waals surface area contributed by atoms with E-state index < -0.39 is 10.8 Å². The maximum atomic E-state index is 11.3. The van der Waals surface area contributed by atoms with Gasteiger partial charge in [-0.2, -0.15) is 0 Å². The molecule has 10 heavy (non-hydrogen) atoms. The third-order valence-corrected chi connectivity index (χ3v) is 6.73. The first-order valence-corrected chi connectivity index (χ1v) is 6.47. The monoisotopic (exact) mass is 196 g/mol. The Kier molecular flexibility index (Phi) is 3.13. The van der Waals surface area contributed by atoms with Gasteiger partial charge in [0.15, 0.2) is 0 Å². The van der Waals surface area contributed by atoms with Gasteiger partial charge in [-0.25, -0.2) is 0 Å². The van der Waals surface area contributed by atoms with E-state index in [0.29, 0.717) is 13.7 Å². The van der Waals surface area contributed by atoms with E-state index in [1.54, 1.807) is 0 Å². The SMILES string of the molecule is CC1SC(C)S(=O)C(C)S1. The summed E-state index contributed by atoms with van der Waals surface area (Å²) in [6.07, 6.45) is 0. The van der Waals surface area contributed by atoms with Crippen molar-refractivity contribution in [2.45, 2.75) is 34.5 Å². The molecule has 0 aromatic heterocycles. The summed E-state index contributed by atoms with van der Waals surface area (Å²) in [5.41, 5.74) is 0. The molecule has 0 amide bonds. The smallest absolute Gasteiger partial charge is 0.0795 e. The van der Waals surface area contributed by atoms with Crippen molar-refractivity contribution in [1.82, 2.24) is 0 Å². The molecule has 60 valence electrons. The first-order chi connectivity index (χ1) is 4.61. The van der Waals surface area contributed by atoms with E-state index in [1.807, 2.05) is 37.4 Å². The zero-order valence-corrected chi connectivity index (χ0v) is 8.81. The second kappa shape index (κ2) is 3.50. The molecule has 0 aromatic carbocycles. The Morgan fingerprint density at radius 3 is 1.90 bits per heavy atom. The van der Waals surface area contributed by atoms with E-state index in [2.05, 4.69) is 6.92 Å². The van der Waals surface area contributed by atoms with Crippen molar-refractivity contribution in [2.24, 2.45) is 0 Å². The molecule has 1 saturated heterocycles. The Hall–Kier alpha value is 0.850. The molecule has 0 aromatic rings. The van der Waals surface area contributed by atoms with Crippen LogP contribution in [0.4, 0.5) is 0 Å². The van der Waals surface area contributed by atoms with Crippen molar-refractivity contribution >= 4 is 34.3 Å². The van der Waals surface area contributed by atoms with Crippen molar-refractivity contribution in [3.63, 3.8) is 0 Å².